The first kappa shape index (κ1) is 14.9. The van der Waals surface area contributed by atoms with Crippen LogP contribution < -0.4 is 10.6 Å². The molecular weight excluding hydrogens is 251 g/mol. The molecule has 1 atom stereocenters. The van der Waals surface area contributed by atoms with Crippen LogP contribution in [0.15, 0.2) is 24.3 Å². The van der Waals surface area contributed by atoms with Crippen LogP contribution in [0.3, 0.4) is 0 Å². The van der Waals surface area contributed by atoms with Crippen LogP contribution in [0.1, 0.15) is 18.9 Å². The number of benzene rings is 1. The van der Waals surface area contributed by atoms with E-state index >= 15 is 0 Å². The molecule has 6 heteroatoms. The molecule has 0 bridgehead atoms. The quantitative estimate of drug-likeness (QED) is 0.732. The number of amides is 2. The predicted molar refractivity (Wildman–Crippen MR) is 68.4 cm³/mol. The van der Waals surface area contributed by atoms with Crippen molar-refractivity contribution in [1.82, 2.24) is 10.6 Å². The number of carbonyl (C=O) groups is 2. The minimum absolute atomic E-state index is 0.239. The van der Waals surface area contributed by atoms with Gasteiger partial charge in [-0.05, 0) is 24.5 Å². The molecule has 0 saturated carbocycles. The standard InChI is InChI=1S/C13H17FN2O3/c1-2-11(12(17)18)16-13(19)15-8-7-9-5-3-4-6-10(9)14/h3-6,11H,2,7-8H2,1H3,(H,17,18)(H2,15,16,19)/t11-/m1/s1. The molecule has 3 N–H and O–H groups in total. The number of carboxylic acids is 1. The van der Waals surface area contributed by atoms with Crippen molar-refractivity contribution in [2.75, 3.05) is 6.54 Å². The van der Waals surface area contributed by atoms with E-state index in [0.29, 0.717) is 18.4 Å². The molecule has 0 fully saturated rings. The summed E-state index contributed by atoms with van der Waals surface area (Å²) >= 11 is 0. The number of nitrogens with one attached hydrogen (secondary N) is 2. The van der Waals surface area contributed by atoms with Crippen LogP contribution in [0, 0.1) is 5.82 Å². The average Bonchev–Trinajstić information content (AvgIpc) is 2.38. The van der Waals surface area contributed by atoms with Crippen molar-refractivity contribution in [1.29, 1.82) is 0 Å². The van der Waals surface area contributed by atoms with Gasteiger partial charge in [0.2, 0.25) is 0 Å². The van der Waals surface area contributed by atoms with Crippen molar-refractivity contribution in [3.8, 4) is 0 Å². The lowest BCUT2D eigenvalue weighted by Gasteiger charge is -2.13. The molecule has 5 nitrogen and oxygen atoms in total. The first-order valence-electron chi connectivity index (χ1n) is 6.05. The normalized spacial score (nSPS) is 11.7. The van der Waals surface area contributed by atoms with Crippen molar-refractivity contribution in [2.24, 2.45) is 0 Å². The highest BCUT2D eigenvalue weighted by Gasteiger charge is 2.16. The zero-order valence-corrected chi connectivity index (χ0v) is 10.6. The molecule has 0 aliphatic carbocycles. The van der Waals surface area contributed by atoms with E-state index in [1.165, 1.54) is 6.07 Å². The number of urea groups is 1. The molecular formula is C13H17FN2O3. The maximum atomic E-state index is 13.3. The fourth-order valence-corrected chi connectivity index (χ4v) is 1.56. The molecule has 1 rings (SSSR count). The van der Waals surface area contributed by atoms with Crippen LogP contribution in [0.2, 0.25) is 0 Å². The van der Waals surface area contributed by atoms with Crippen LogP contribution in [0.4, 0.5) is 9.18 Å². The van der Waals surface area contributed by atoms with E-state index < -0.39 is 18.0 Å². The van der Waals surface area contributed by atoms with Gasteiger partial charge in [-0.3, -0.25) is 0 Å². The third-order valence-corrected chi connectivity index (χ3v) is 2.65. The van der Waals surface area contributed by atoms with E-state index in [1.807, 2.05) is 0 Å². The van der Waals surface area contributed by atoms with Gasteiger partial charge in [-0.2, -0.15) is 0 Å². The molecule has 1 aromatic carbocycles. The first-order valence-corrected chi connectivity index (χ1v) is 6.05. The van der Waals surface area contributed by atoms with E-state index in [4.69, 9.17) is 5.11 Å². The lowest BCUT2D eigenvalue weighted by molar-refractivity contribution is -0.139. The molecule has 0 radical (unpaired) electrons. The molecule has 0 aliphatic heterocycles. The predicted octanol–water partition coefficient (Wildman–Crippen LogP) is 1.53. The molecule has 0 unspecified atom stereocenters. The molecule has 104 valence electrons. The lowest BCUT2D eigenvalue weighted by Crippen LogP contribution is -2.46. The van der Waals surface area contributed by atoms with Gasteiger partial charge in [0.05, 0.1) is 0 Å². The highest BCUT2D eigenvalue weighted by molar-refractivity contribution is 5.82. The van der Waals surface area contributed by atoms with E-state index in [-0.39, 0.29) is 12.4 Å². The Bertz CT molecular complexity index is 451. The Hall–Kier alpha value is -2.11. The van der Waals surface area contributed by atoms with Gasteiger partial charge in [-0.1, -0.05) is 25.1 Å². The van der Waals surface area contributed by atoms with Crippen LogP contribution >= 0.6 is 0 Å². The molecule has 0 saturated heterocycles. The van der Waals surface area contributed by atoms with Gasteiger partial charge in [0.15, 0.2) is 0 Å². The van der Waals surface area contributed by atoms with E-state index in [1.54, 1.807) is 25.1 Å². The van der Waals surface area contributed by atoms with Crippen LogP contribution in [0.25, 0.3) is 0 Å². The molecule has 19 heavy (non-hydrogen) atoms. The number of carbonyl (C=O) groups excluding carboxylic acids is 1. The summed E-state index contributed by atoms with van der Waals surface area (Å²) in [5.41, 5.74) is 0.507. The number of rotatable bonds is 6. The summed E-state index contributed by atoms with van der Waals surface area (Å²) < 4.78 is 13.3. The maximum absolute atomic E-state index is 13.3. The Kier molecular flexibility index (Phi) is 5.78. The van der Waals surface area contributed by atoms with Crippen LogP contribution in [-0.4, -0.2) is 29.7 Å². The average molecular weight is 268 g/mol. The molecule has 0 heterocycles. The van der Waals surface area contributed by atoms with Gasteiger partial charge < -0.3 is 15.7 Å². The monoisotopic (exact) mass is 268 g/mol. The Morgan fingerprint density at radius 1 is 1.37 bits per heavy atom. The summed E-state index contributed by atoms with van der Waals surface area (Å²) in [5, 5.41) is 13.6. The molecule has 0 aromatic heterocycles. The third-order valence-electron chi connectivity index (χ3n) is 2.65. The van der Waals surface area contributed by atoms with E-state index in [9.17, 15) is 14.0 Å². The second kappa shape index (κ2) is 7.35. The highest BCUT2D eigenvalue weighted by atomic mass is 19.1. The van der Waals surface area contributed by atoms with Gasteiger partial charge in [-0.15, -0.1) is 0 Å². The summed E-state index contributed by atoms with van der Waals surface area (Å²) in [6, 6.07) is 4.83. The van der Waals surface area contributed by atoms with Crippen LogP contribution in [-0.2, 0) is 11.2 Å². The summed E-state index contributed by atoms with van der Waals surface area (Å²) in [4.78, 5) is 22.1. The van der Waals surface area contributed by atoms with Gasteiger partial charge in [0.1, 0.15) is 11.9 Å². The van der Waals surface area contributed by atoms with Crippen molar-refractivity contribution in [3.63, 3.8) is 0 Å². The van der Waals surface area contributed by atoms with Crippen molar-refractivity contribution in [2.45, 2.75) is 25.8 Å². The van der Waals surface area contributed by atoms with Gasteiger partial charge in [-0.25, -0.2) is 14.0 Å². The van der Waals surface area contributed by atoms with Crippen molar-refractivity contribution in [3.05, 3.63) is 35.6 Å². The summed E-state index contributed by atoms with van der Waals surface area (Å²) in [7, 11) is 0. The molecule has 0 aliphatic rings. The minimum Gasteiger partial charge on any atom is -0.480 e. The third kappa shape index (κ3) is 4.95. The number of carboxylic acid groups (broad SMARTS) is 1. The molecule has 1 aromatic rings. The number of halogens is 1. The Balaban J connectivity index is 2.35. The summed E-state index contributed by atoms with van der Waals surface area (Å²) in [5.74, 6) is -1.39. The van der Waals surface area contributed by atoms with Gasteiger partial charge in [0.25, 0.3) is 0 Å². The first-order chi connectivity index (χ1) is 9.04. The zero-order valence-electron chi connectivity index (χ0n) is 10.6. The molecule has 2 amide bonds. The lowest BCUT2D eigenvalue weighted by atomic mass is 10.1. The Morgan fingerprint density at radius 3 is 2.63 bits per heavy atom. The highest BCUT2D eigenvalue weighted by Crippen LogP contribution is 2.06. The van der Waals surface area contributed by atoms with Gasteiger partial charge in [0, 0.05) is 6.54 Å². The number of hydrogen-bond donors (Lipinski definition) is 3. The molecule has 0 spiro atoms. The van der Waals surface area contributed by atoms with Gasteiger partial charge >= 0.3 is 12.0 Å². The second-order valence-corrected chi connectivity index (χ2v) is 4.04. The zero-order chi connectivity index (χ0) is 14.3. The van der Waals surface area contributed by atoms with Crippen LogP contribution in [0.5, 0.6) is 0 Å². The smallest absolute Gasteiger partial charge is 0.326 e. The summed E-state index contributed by atoms with van der Waals surface area (Å²) in [6.45, 7) is 1.90. The maximum Gasteiger partial charge on any atom is 0.326 e. The Labute approximate surface area is 110 Å². The SMILES string of the molecule is CC[C@@H](NC(=O)NCCc1ccccc1F)C(=O)O. The van der Waals surface area contributed by atoms with E-state index in [0.717, 1.165) is 0 Å². The second-order valence-electron chi connectivity index (χ2n) is 4.04. The summed E-state index contributed by atoms with van der Waals surface area (Å²) in [6.07, 6.45) is 0.653. The number of aliphatic carboxylic acids is 1. The number of hydrogen-bond acceptors (Lipinski definition) is 2. The minimum atomic E-state index is -1.08. The topological polar surface area (TPSA) is 78.4 Å². The fraction of sp³-hybridized carbons (Fsp3) is 0.385. The fourth-order valence-electron chi connectivity index (χ4n) is 1.56. The Morgan fingerprint density at radius 2 is 2.05 bits per heavy atom. The van der Waals surface area contributed by atoms with E-state index in [2.05, 4.69) is 10.6 Å². The largest absolute Gasteiger partial charge is 0.480 e. The van der Waals surface area contributed by atoms with Crippen molar-refractivity contribution >= 4 is 12.0 Å². The van der Waals surface area contributed by atoms with Crippen molar-refractivity contribution < 1.29 is 19.1 Å².